The van der Waals surface area contributed by atoms with E-state index < -0.39 is 5.54 Å². The number of amidine groups is 1. The molecule has 1 amide bonds. The Balaban J connectivity index is 2.17. The SMILES string of the molecule is CC1(C(=O)NC2(C(N)=NO)CCCCCCC2)CCCC1. The number of carbonyl (C=O) groups excluding carboxylic acids is 1. The molecule has 0 aliphatic heterocycles. The molecule has 0 atom stereocenters. The Morgan fingerprint density at radius 2 is 1.48 bits per heavy atom. The molecule has 4 N–H and O–H groups in total. The third kappa shape index (κ3) is 3.50. The molecule has 0 aromatic heterocycles. The fourth-order valence-electron chi connectivity index (χ4n) is 3.80. The zero-order valence-corrected chi connectivity index (χ0v) is 13.2. The Bertz CT molecular complexity index is 392. The topological polar surface area (TPSA) is 87.7 Å². The van der Waals surface area contributed by atoms with Gasteiger partial charge in [0.05, 0.1) is 0 Å². The van der Waals surface area contributed by atoms with E-state index in [-0.39, 0.29) is 17.2 Å². The van der Waals surface area contributed by atoms with Crippen LogP contribution in [0.15, 0.2) is 5.16 Å². The minimum Gasteiger partial charge on any atom is -0.409 e. The minimum atomic E-state index is -0.655. The first kappa shape index (κ1) is 16.1. The van der Waals surface area contributed by atoms with Gasteiger partial charge in [-0.05, 0) is 25.7 Å². The van der Waals surface area contributed by atoms with E-state index in [0.717, 1.165) is 64.2 Å². The van der Waals surface area contributed by atoms with E-state index in [9.17, 15) is 4.79 Å². The summed E-state index contributed by atoms with van der Waals surface area (Å²) in [4.78, 5) is 12.8. The molecule has 2 aliphatic rings. The molecular formula is C16H29N3O2. The smallest absolute Gasteiger partial charge is 0.226 e. The lowest BCUT2D eigenvalue weighted by molar-refractivity contribution is -0.131. The molecule has 0 spiro atoms. The summed E-state index contributed by atoms with van der Waals surface area (Å²) >= 11 is 0. The minimum absolute atomic E-state index is 0.0761. The second-order valence-electron chi connectivity index (χ2n) is 7.06. The normalized spacial score (nSPS) is 25.9. The molecule has 0 unspecified atom stereocenters. The van der Waals surface area contributed by atoms with Crippen molar-refractivity contribution in [2.24, 2.45) is 16.3 Å². The van der Waals surface area contributed by atoms with Gasteiger partial charge in [0.2, 0.25) is 5.91 Å². The number of nitrogens with one attached hydrogen (secondary N) is 1. The van der Waals surface area contributed by atoms with Gasteiger partial charge in [0.15, 0.2) is 5.84 Å². The van der Waals surface area contributed by atoms with Gasteiger partial charge in [-0.25, -0.2) is 0 Å². The number of carbonyl (C=O) groups is 1. The van der Waals surface area contributed by atoms with Crippen LogP contribution in [-0.4, -0.2) is 22.5 Å². The van der Waals surface area contributed by atoms with E-state index >= 15 is 0 Å². The van der Waals surface area contributed by atoms with Crippen molar-refractivity contribution in [3.63, 3.8) is 0 Å². The van der Waals surface area contributed by atoms with Gasteiger partial charge < -0.3 is 16.3 Å². The van der Waals surface area contributed by atoms with Crippen molar-refractivity contribution in [1.29, 1.82) is 0 Å². The van der Waals surface area contributed by atoms with Gasteiger partial charge in [-0.3, -0.25) is 4.79 Å². The zero-order chi connectivity index (χ0) is 15.3. The van der Waals surface area contributed by atoms with Crippen molar-refractivity contribution in [2.75, 3.05) is 0 Å². The Morgan fingerprint density at radius 1 is 1.00 bits per heavy atom. The van der Waals surface area contributed by atoms with Crippen molar-refractivity contribution >= 4 is 11.7 Å². The number of amides is 1. The van der Waals surface area contributed by atoms with Crippen LogP contribution in [0.4, 0.5) is 0 Å². The van der Waals surface area contributed by atoms with Gasteiger partial charge >= 0.3 is 0 Å². The van der Waals surface area contributed by atoms with E-state index in [4.69, 9.17) is 10.9 Å². The Kier molecular flexibility index (Phi) is 5.12. The van der Waals surface area contributed by atoms with Crippen LogP contribution in [0.25, 0.3) is 0 Å². The molecule has 120 valence electrons. The summed E-state index contributed by atoms with van der Waals surface area (Å²) in [6, 6.07) is 0. The van der Waals surface area contributed by atoms with Crippen LogP contribution in [0, 0.1) is 5.41 Å². The fourth-order valence-corrected chi connectivity index (χ4v) is 3.80. The van der Waals surface area contributed by atoms with Crippen LogP contribution < -0.4 is 11.1 Å². The van der Waals surface area contributed by atoms with E-state index in [1.165, 1.54) is 6.42 Å². The molecule has 0 aromatic carbocycles. The third-order valence-corrected chi connectivity index (χ3v) is 5.41. The largest absolute Gasteiger partial charge is 0.409 e. The molecule has 2 saturated carbocycles. The van der Waals surface area contributed by atoms with Crippen LogP contribution in [0.5, 0.6) is 0 Å². The molecule has 0 aromatic rings. The van der Waals surface area contributed by atoms with Gasteiger partial charge in [0.25, 0.3) is 0 Å². The molecule has 2 aliphatic carbocycles. The summed E-state index contributed by atoms with van der Waals surface area (Å²) in [7, 11) is 0. The highest BCUT2D eigenvalue weighted by Gasteiger charge is 2.43. The maximum atomic E-state index is 12.8. The zero-order valence-electron chi connectivity index (χ0n) is 13.2. The first-order chi connectivity index (χ1) is 10.0. The maximum absolute atomic E-state index is 12.8. The van der Waals surface area contributed by atoms with Crippen molar-refractivity contribution in [3.8, 4) is 0 Å². The number of hydrogen-bond acceptors (Lipinski definition) is 3. The highest BCUT2D eigenvalue weighted by Crippen LogP contribution is 2.39. The van der Waals surface area contributed by atoms with Gasteiger partial charge in [-0.15, -0.1) is 0 Å². The average molecular weight is 295 g/mol. The lowest BCUT2D eigenvalue weighted by Crippen LogP contribution is -2.60. The van der Waals surface area contributed by atoms with Gasteiger partial charge in [0.1, 0.15) is 5.54 Å². The quantitative estimate of drug-likeness (QED) is 0.324. The van der Waals surface area contributed by atoms with Crippen LogP contribution >= 0.6 is 0 Å². The Hall–Kier alpha value is -1.26. The number of rotatable bonds is 3. The summed E-state index contributed by atoms with van der Waals surface area (Å²) in [5.74, 6) is 0.242. The number of hydrogen-bond donors (Lipinski definition) is 3. The fraction of sp³-hybridized carbons (Fsp3) is 0.875. The predicted octanol–water partition coefficient (Wildman–Crippen LogP) is 2.91. The van der Waals surface area contributed by atoms with Crippen molar-refractivity contribution < 1.29 is 10.0 Å². The molecule has 0 bridgehead atoms. The molecule has 2 rings (SSSR count). The highest BCUT2D eigenvalue weighted by atomic mass is 16.4. The summed E-state index contributed by atoms with van der Waals surface area (Å²) < 4.78 is 0. The van der Waals surface area contributed by atoms with Crippen LogP contribution in [0.3, 0.4) is 0 Å². The number of nitrogens with two attached hydrogens (primary N) is 1. The summed E-state index contributed by atoms with van der Waals surface area (Å²) in [5, 5.41) is 15.6. The molecular weight excluding hydrogens is 266 g/mol. The van der Waals surface area contributed by atoms with E-state index in [1.807, 2.05) is 6.92 Å². The molecule has 5 nitrogen and oxygen atoms in total. The second-order valence-corrected chi connectivity index (χ2v) is 7.06. The molecule has 0 heterocycles. The summed E-state index contributed by atoms with van der Waals surface area (Å²) in [6.45, 7) is 2.04. The predicted molar refractivity (Wildman–Crippen MR) is 83.2 cm³/mol. The third-order valence-electron chi connectivity index (χ3n) is 5.41. The Morgan fingerprint density at radius 3 is 2.00 bits per heavy atom. The van der Waals surface area contributed by atoms with Crippen molar-refractivity contribution in [2.45, 2.75) is 83.1 Å². The molecule has 0 saturated heterocycles. The molecule has 21 heavy (non-hydrogen) atoms. The molecule has 2 fully saturated rings. The van der Waals surface area contributed by atoms with Gasteiger partial charge in [0, 0.05) is 5.41 Å². The van der Waals surface area contributed by atoms with Crippen LogP contribution in [-0.2, 0) is 4.79 Å². The van der Waals surface area contributed by atoms with Gasteiger partial charge in [-0.1, -0.05) is 57.0 Å². The monoisotopic (exact) mass is 295 g/mol. The summed E-state index contributed by atoms with van der Waals surface area (Å²) in [5.41, 5.74) is 5.04. The number of oxime groups is 1. The average Bonchev–Trinajstić information content (AvgIpc) is 2.89. The molecule has 5 heteroatoms. The van der Waals surface area contributed by atoms with E-state index in [2.05, 4.69) is 10.5 Å². The lowest BCUT2D eigenvalue weighted by Gasteiger charge is -2.38. The van der Waals surface area contributed by atoms with Gasteiger partial charge in [-0.2, -0.15) is 0 Å². The Labute approximate surface area is 127 Å². The maximum Gasteiger partial charge on any atom is 0.226 e. The first-order valence-electron chi connectivity index (χ1n) is 8.33. The van der Waals surface area contributed by atoms with Crippen molar-refractivity contribution in [3.05, 3.63) is 0 Å². The number of nitrogens with zero attached hydrogens (tertiary/aromatic N) is 1. The van der Waals surface area contributed by atoms with E-state index in [0.29, 0.717) is 0 Å². The first-order valence-corrected chi connectivity index (χ1v) is 8.33. The standard InChI is InChI=1S/C16H29N3O2/c1-15(9-7-8-10-15)14(20)18-16(13(17)19-21)11-5-3-2-4-6-12-16/h21H,2-12H2,1H3,(H2,17,19)(H,18,20). The van der Waals surface area contributed by atoms with Crippen LogP contribution in [0.1, 0.15) is 77.6 Å². The van der Waals surface area contributed by atoms with Crippen LogP contribution in [0.2, 0.25) is 0 Å². The highest BCUT2D eigenvalue weighted by molar-refractivity contribution is 5.95. The second kappa shape index (κ2) is 6.67. The lowest BCUT2D eigenvalue weighted by atomic mass is 9.80. The van der Waals surface area contributed by atoms with E-state index in [1.54, 1.807) is 0 Å². The summed E-state index contributed by atoms with van der Waals surface area (Å²) in [6.07, 6.45) is 11.2. The van der Waals surface area contributed by atoms with Crippen molar-refractivity contribution in [1.82, 2.24) is 5.32 Å². The molecule has 0 radical (unpaired) electrons.